The molecule has 1 aliphatic carbocycles. The molecule has 1 aromatic carbocycles. The van der Waals surface area contributed by atoms with Crippen LogP contribution in [0.5, 0.6) is 0 Å². The van der Waals surface area contributed by atoms with E-state index in [1.807, 2.05) is 0 Å². The highest BCUT2D eigenvalue weighted by Crippen LogP contribution is 2.43. The minimum atomic E-state index is -1.28. The summed E-state index contributed by atoms with van der Waals surface area (Å²) in [5.41, 5.74) is 0.0360. The zero-order valence-electron chi connectivity index (χ0n) is 10.8. The standard InChI is InChI=1S/C15H13ClO4/c1-15(14(19)20)8-10(13(17)18)5-6-12(15)9-3-2-4-11(16)7-9/h2-7H,8H2,1H3,(H,17,18)(H,19,20). The third-order valence-corrected chi connectivity index (χ3v) is 3.71. The van der Waals surface area contributed by atoms with Crippen LogP contribution in [0, 0.1) is 5.41 Å². The van der Waals surface area contributed by atoms with Crippen molar-refractivity contribution in [2.24, 2.45) is 5.41 Å². The van der Waals surface area contributed by atoms with Crippen LogP contribution in [0.25, 0.3) is 5.57 Å². The molecule has 1 unspecified atom stereocenters. The fourth-order valence-corrected chi connectivity index (χ4v) is 2.50. The molecule has 5 heteroatoms. The summed E-state index contributed by atoms with van der Waals surface area (Å²) < 4.78 is 0. The molecule has 20 heavy (non-hydrogen) atoms. The van der Waals surface area contributed by atoms with E-state index >= 15 is 0 Å². The highest BCUT2D eigenvalue weighted by Gasteiger charge is 2.41. The van der Waals surface area contributed by atoms with E-state index in [0.717, 1.165) is 0 Å². The van der Waals surface area contributed by atoms with Crippen molar-refractivity contribution < 1.29 is 19.8 Å². The van der Waals surface area contributed by atoms with Gasteiger partial charge in [0.1, 0.15) is 0 Å². The molecular weight excluding hydrogens is 280 g/mol. The average molecular weight is 293 g/mol. The highest BCUT2D eigenvalue weighted by atomic mass is 35.5. The van der Waals surface area contributed by atoms with Crippen LogP contribution >= 0.6 is 11.6 Å². The topological polar surface area (TPSA) is 74.6 Å². The molecule has 0 amide bonds. The lowest BCUT2D eigenvalue weighted by atomic mass is 9.71. The maximum Gasteiger partial charge on any atom is 0.331 e. The van der Waals surface area contributed by atoms with Crippen molar-refractivity contribution in [1.29, 1.82) is 0 Å². The summed E-state index contributed by atoms with van der Waals surface area (Å²) in [6.45, 7) is 1.53. The first-order valence-corrected chi connectivity index (χ1v) is 6.36. The number of rotatable bonds is 3. The second-order valence-electron chi connectivity index (χ2n) is 4.90. The Kier molecular flexibility index (Phi) is 3.68. The number of allylic oxidation sites excluding steroid dienone is 2. The van der Waals surface area contributed by atoms with Gasteiger partial charge in [-0.25, -0.2) is 4.79 Å². The lowest BCUT2D eigenvalue weighted by Crippen LogP contribution is -2.32. The maximum absolute atomic E-state index is 11.6. The molecule has 2 N–H and O–H groups in total. The first-order chi connectivity index (χ1) is 9.34. The summed E-state index contributed by atoms with van der Waals surface area (Å²) in [4.78, 5) is 22.7. The normalized spacial score (nSPS) is 21.9. The molecule has 1 aromatic rings. The molecule has 0 fully saturated rings. The molecule has 1 atom stereocenters. The highest BCUT2D eigenvalue weighted by molar-refractivity contribution is 6.30. The molecule has 0 spiro atoms. The molecule has 0 heterocycles. The summed E-state index contributed by atoms with van der Waals surface area (Å²) >= 11 is 5.93. The van der Waals surface area contributed by atoms with Crippen LogP contribution < -0.4 is 0 Å². The molecule has 0 bridgehead atoms. The Labute approximate surface area is 121 Å². The summed E-state index contributed by atoms with van der Waals surface area (Å²) in [5.74, 6) is -2.16. The molecule has 2 rings (SSSR count). The van der Waals surface area contributed by atoms with Gasteiger partial charge >= 0.3 is 11.9 Å². The molecule has 0 radical (unpaired) electrons. The molecule has 0 aromatic heterocycles. The van der Waals surface area contributed by atoms with Gasteiger partial charge in [-0.05, 0) is 36.6 Å². The molecule has 1 aliphatic rings. The van der Waals surface area contributed by atoms with Crippen LogP contribution in [-0.4, -0.2) is 22.2 Å². The van der Waals surface area contributed by atoms with Crippen molar-refractivity contribution in [2.45, 2.75) is 13.3 Å². The monoisotopic (exact) mass is 292 g/mol. The van der Waals surface area contributed by atoms with E-state index in [9.17, 15) is 14.7 Å². The third kappa shape index (κ3) is 2.47. The number of hydrogen-bond donors (Lipinski definition) is 2. The number of carboxylic acids is 2. The predicted octanol–water partition coefficient (Wildman–Crippen LogP) is 3.23. The summed E-state index contributed by atoms with van der Waals surface area (Å²) in [6, 6.07) is 6.87. The zero-order valence-corrected chi connectivity index (χ0v) is 11.5. The summed E-state index contributed by atoms with van der Waals surface area (Å²) in [7, 11) is 0. The lowest BCUT2D eigenvalue weighted by Gasteiger charge is -2.31. The molecule has 104 valence electrons. The van der Waals surface area contributed by atoms with E-state index in [0.29, 0.717) is 16.2 Å². The van der Waals surface area contributed by atoms with Crippen molar-refractivity contribution in [3.05, 3.63) is 52.6 Å². The van der Waals surface area contributed by atoms with Gasteiger partial charge < -0.3 is 10.2 Å². The predicted molar refractivity (Wildman–Crippen MR) is 75.5 cm³/mol. The minimum Gasteiger partial charge on any atom is -0.481 e. The molecule has 4 nitrogen and oxygen atoms in total. The molecule has 0 aliphatic heterocycles. The number of halogens is 1. The third-order valence-electron chi connectivity index (χ3n) is 3.47. The van der Waals surface area contributed by atoms with Crippen LogP contribution in [0.1, 0.15) is 18.9 Å². The Bertz CT molecular complexity index is 645. The van der Waals surface area contributed by atoms with Gasteiger partial charge in [-0.3, -0.25) is 4.79 Å². The van der Waals surface area contributed by atoms with Crippen molar-refractivity contribution in [2.75, 3.05) is 0 Å². The number of hydrogen-bond acceptors (Lipinski definition) is 2. The Morgan fingerprint density at radius 3 is 2.50 bits per heavy atom. The SMILES string of the molecule is CC1(C(=O)O)CC(C(=O)O)=CC=C1c1cccc(Cl)c1. The Morgan fingerprint density at radius 1 is 1.25 bits per heavy atom. The van der Waals surface area contributed by atoms with Crippen molar-refractivity contribution in [3.63, 3.8) is 0 Å². The Balaban J connectivity index is 2.58. The molecular formula is C15H13ClO4. The Morgan fingerprint density at radius 2 is 1.95 bits per heavy atom. The lowest BCUT2D eigenvalue weighted by molar-refractivity contribution is -0.144. The molecule has 0 saturated carbocycles. The van der Waals surface area contributed by atoms with Gasteiger partial charge in [0, 0.05) is 10.6 Å². The summed E-state index contributed by atoms with van der Waals surface area (Å²) in [5, 5.41) is 19.0. The van der Waals surface area contributed by atoms with Crippen LogP contribution in [0.2, 0.25) is 5.02 Å². The smallest absolute Gasteiger partial charge is 0.331 e. The van der Waals surface area contributed by atoms with E-state index in [4.69, 9.17) is 16.7 Å². The summed E-state index contributed by atoms with van der Waals surface area (Å²) in [6.07, 6.45) is 2.94. The van der Waals surface area contributed by atoms with Crippen molar-refractivity contribution in [3.8, 4) is 0 Å². The van der Waals surface area contributed by atoms with Crippen LogP contribution in [0.3, 0.4) is 0 Å². The van der Waals surface area contributed by atoms with Gasteiger partial charge in [0.2, 0.25) is 0 Å². The largest absolute Gasteiger partial charge is 0.481 e. The fourth-order valence-electron chi connectivity index (χ4n) is 2.31. The van der Waals surface area contributed by atoms with Gasteiger partial charge in [0.15, 0.2) is 0 Å². The second kappa shape index (κ2) is 5.13. The van der Waals surface area contributed by atoms with Crippen molar-refractivity contribution in [1.82, 2.24) is 0 Å². The first kappa shape index (κ1) is 14.3. The maximum atomic E-state index is 11.6. The van der Waals surface area contributed by atoms with E-state index in [2.05, 4.69) is 0 Å². The quantitative estimate of drug-likeness (QED) is 0.897. The first-order valence-electron chi connectivity index (χ1n) is 5.98. The zero-order chi connectivity index (χ0) is 14.9. The van der Waals surface area contributed by atoms with Crippen molar-refractivity contribution >= 4 is 29.1 Å². The van der Waals surface area contributed by atoms with Crippen LogP contribution in [0.4, 0.5) is 0 Å². The van der Waals surface area contributed by atoms with Gasteiger partial charge in [0.05, 0.1) is 5.41 Å². The van der Waals surface area contributed by atoms with Gasteiger partial charge in [0.25, 0.3) is 0 Å². The van der Waals surface area contributed by atoms with E-state index in [1.54, 1.807) is 30.3 Å². The average Bonchev–Trinajstić information content (AvgIpc) is 2.38. The van der Waals surface area contributed by atoms with Crippen LogP contribution in [-0.2, 0) is 9.59 Å². The van der Waals surface area contributed by atoms with E-state index in [1.165, 1.54) is 13.0 Å². The van der Waals surface area contributed by atoms with E-state index in [-0.39, 0.29) is 12.0 Å². The number of carbonyl (C=O) groups is 2. The number of carboxylic acid groups (broad SMARTS) is 2. The Hall–Kier alpha value is -2.07. The fraction of sp³-hybridized carbons (Fsp3) is 0.200. The van der Waals surface area contributed by atoms with Gasteiger partial charge in [-0.2, -0.15) is 0 Å². The van der Waals surface area contributed by atoms with Gasteiger partial charge in [-0.1, -0.05) is 35.9 Å². The molecule has 0 saturated heterocycles. The number of aliphatic carboxylic acids is 2. The second-order valence-corrected chi connectivity index (χ2v) is 5.34. The van der Waals surface area contributed by atoms with Gasteiger partial charge in [-0.15, -0.1) is 0 Å². The minimum absolute atomic E-state index is 0.0595. The number of benzene rings is 1. The van der Waals surface area contributed by atoms with E-state index < -0.39 is 17.4 Å². The van der Waals surface area contributed by atoms with Crippen LogP contribution in [0.15, 0.2) is 42.0 Å².